The van der Waals surface area contributed by atoms with Gasteiger partial charge in [-0.25, -0.2) is 0 Å². The zero-order chi connectivity index (χ0) is 12.0. The predicted molar refractivity (Wildman–Crippen MR) is 63.6 cm³/mol. The summed E-state index contributed by atoms with van der Waals surface area (Å²) < 4.78 is 0.628. The van der Waals surface area contributed by atoms with Crippen LogP contribution in [0.2, 0.25) is 5.32 Å². The predicted octanol–water partition coefficient (Wildman–Crippen LogP) is 1.96. The molecule has 0 atom stereocenters. The van der Waals surface area contributed by atoms with E-state index >= 15 is 0 Å². The van der Waals surface area contributed by atoms with Crippen LogP contribution in [0.3, 0.4) is 0 Å². The maximum atomic E-state index is 10.8. The van der Waals surface area contributed by atoms with Crippen LogP contribution < -0.4 is 4.46 Å². The number of carbonyl (C=O) groups excluding carboxylic acids is 1. The van der Waals surface area contributed by atoms with Crippen molar-refractivity contribution in [3.63, 3.8) is 0 Å². The zero-order valence-corrected chi connectivity index (χ0v) is 10.7. The normalized spacial score (nSPS) is 10.1. The van der Waals surface area contributed by atoms with E-state index in [-0.39, 0.29) is 20.6 Å². The van der Waals surface area contributed by atoms with Gasteiger partial charge in [-0.3, -0.25) is 0 Å². The molecule has 0 aliphatic heterocycles. The Morgan fingerprint density at radius 1 is 1.50 bits per heavy atom. The molecule has 0 bridgehead atoms. The van der Waals surface area contributed by atoms with Crippen LogP contribution in [0.15, 0.2) is 18.2 Å². The van der Waals surface area contributed by atoms with Crippen molar-refractivity contribution in [3.8, 4) is 0 Å². The Balaban J connectivity index is 3.00. The van der Waals surface area contributed by atoms with E-state index in [0.717, 1.165) is 18.2 Å². The number of aldehydes is 1. The Bertz CT molecular complexity index is 393. The first-order chi connectivity index (χ1) is 7.70. The maximum absolute atomic E-state index is 10.8. The molecule has 0 aromatic heterocycles. The van der Waals surface area contributed by atoms with Crippen LogP contribution in [-0.4, -0.2) is 26.2 Å². The molecular weight excluding hydrogens is 273 g/mol. The Labute approximate surface area is 100 Å². The number of hydrogen-bond acceptors (Lipinski definition) is 3. The molecule has 16 heavy (non-hydrogen) atoms. The summed E-state index contributed by atoms with van der Waals surface area (Å²) in [5.41, 5.74) is 0.547. The second-order valence-electron chi connectivity index (χ2n) is 3.27. The molecular formula is C11H13NO3Se. The summed E-state index contributed by atoms with van der Waals surface area (Å²) >= 11 is 0.00984. The number of nitro groups is 1. The first-order valence-electron chi connectivity index (χ1n) is 5.06. The van der Waals surface area contributed by atoms with Crippen molar-refractivity contribution in [2.45, 2.75) is 25.1 Å². The van der Waals surface area contributed by atoms with E-state index in [9.17, 15) is 14.9 Å². The molecule has 86 valence electrons. The van der Waals surface area contributed by atoms with Gasteiger partial charge in [0.25, 0.3) is 0 Å². The van der Waals surface area contributed by atoms with Gasteiger partial charge in [-0.2, -0.15) is 0 Å². The first kappa shape index (κ1) is 12.9. The molecule has 0 N–H and O–H groups in total. The molecule has 0 aliphatic rings. The fraction of sp³-hybridized carbons (Fsp3) is 0.364. The molecule has 0 aliphatic carbocycles. The van der Waals surface area contributed by atoms with Crippen LogP contribution in [0.4, 0.5) is 5.69 Å². The van der Waals surface area contributed by atoms with Crippen LogP contribution >= 0.6 is 0 Å². The summed E-state index contributed by atoms with van der Waals surface area (Å²) in [5, 5.41) is 11.8. The first-order valence-corrected chi connectivity index (χ1v) is 7.12. The second kappa shape index (κ2) is 6.40. The molecule has 0 heterocycles. The van der Waals surface area contributed by atoms with Crippen LogP contribution in [0.5, 0.6) is 0 Å². The summed E-state index contributed by atoms with van der Waals surface area (Å²) in [7, 11) is 0. The van der Waals surface area contributed by atoms with Crippen molar-refractivity contribution >= 4 is 31.4 Å². The van der Waals surface area contributed by atoms with Gasteiger partial charge in [0.15, 0.2) is 0 Å². The van der Waals surface area contributed by atoms with E-state index in [2.05, 4.69) is 6.92 Å². The third-order valence-corrected chi connectivity index (χ3v) is 4.67. The number of benzene rings is 1. The molecule has 0 fully saturated rings. The van der Waals surface area contributed by atoms with Crippen molar-refractivity contribution in [3.05, 3.63) is 33.9 Å². The fourth-order valence-corrected chi connectivity index (χ4v) is 3.79. The van der Waals surface area contributed by atoms with Crippen molar-refractivity contribution in [1.82, 2.24) is 0 Å². The standard InChI is InChI=1S/C11H13NO3Se/c1-2-3-7-16-11-9(8-13)5-4-6-10(11)12(14)15/h4-6,8H,2-3,7H2,1H3. The monoisotopic (exact) mass is 287 g/mol. The number of nitrogens with zero attached hydrogens (tertiary/aromatic N) is 1. The summed E-state index contributed by atoms with van der Waals surface area (Å²) in [6, 6.07) is 4.67. The van der Waals surface area contributed by atoms with Gasteiger partial charge in [0, 0.05) is 0 Å². The third kappa shape index (κ3) is 3.15. The van der Waals surface area contributed by atoms with E-state index in [1.54, 1.807) is 12.1 Å². The van der Waals surface area contributed by atoms with Gasteiger partial charge in [-0.1, -0.05) is 0 Å². The summed E-state index contributed by atoms with van der Waals surface area (Å²) in [6.45, 7) is 2.08. The molecule has 0 spiro atoms. The van der Waals surface area contributed by atoms with E-state index in [0.29, 0.717) is 16.3 Å². The summed E-state index contributed by atoms with van der Waals surface area (Å²) in [6.07, 6.45) is 2.82. The van der Waals surface area contributed by atoms with Gasteiger partial charge in [0.2, 0.25) is 0 Å². The molecule has 0 unspecified atom stereocenters. The van der Waals surface area contributed by atoms with Crippen molar-refractivity contribution < 1.29 is 9.72 Å². The number of carbonyl (C=O) groups is 1. The molecule has 0 saturated heterocycles. The van der Waals surface area contributed by atoms with E-state index in [1.807, 2.05) is 0 Å². The number of nitro benzene ring substituents is 1. The average Bonchev–Trinajstić information content (AvgIpc) is 2.29. The van der Waals surface area contributed by atoms with Gasteiger partial charge in [0.1, 0.15) is 0 Å². The van der Waals surface area contributed by atoms with E-state index < -0.39 is 4.92 Å². The van der Waals surface area contributed by atoms with Gasteiger partial charge in [-0.05, 0) is 0 Å². The summed E-state index contributed by atoms with van der Waals surface area (Å²) in [5.74, 6) is 0. The van der Waals surface area contributed by atoms with E-state index in [1.165, 1.54) is 6.07 Å². The second-order valence-corrected chi connectivity index (χ2v) is 5.59. The fourth-order valence-electron chi connectivity index (χ4n) is 1.25. The Morgan fingerprint density at radius 2 is 2.25 bits per heavy atom. The van der Waals surface area contributed by atoms with Crippen LogP contribution in [-0.2, 0) is 0 Å². The zero-order valence-electron chi connectivity index (χ0n) is 9.01. The average molecular weight is 286 g/mol. The number of rotatable bonds is 6. The van der Waals surface area contributed by atoms with Gasteiger partial charge < -0.3 is 0 Å². The minimum atomic E-state index is -0.407. The SMILES string of the molecule is CCCC[Se]c1c(C=O)cccc1[N+](=O)[O-]. The molecule has 0 radical (unpaired) electrons. The molecule has 4 nitrogen and oxygen atoms in total. The number of unbranched alkanes of at least 4 members (excludes halogenated alkanes) is 1. The van der Waals surface area contributed by atoms with E-state index in [4.69, 9.17) is 0 Å². The van der Waals surface area contributed by atoms with Crippen molar-refractivity contribution in [1.29, 1.82) is 0 Å². The Hall–Kier alpha value is -1.19. The Kier molecular flexibility index (Phi) is 5.15. The molecule has 1 aromatic rings. The van der Waals surface area contributed by atoms with Crippen molar-refractivity contribution in [2.75, 3.05) is 0 Å². The number of hydrogen-bond donors (Lipinski definition) is 0. The van der Waals surface area contributed by atoms with Gasteiger partial charge in [-0.15, -0.1) is 0 Å². The van der Waals surface area contributed by atoms with Crippen LogP contribution in [0.25, 0.3) is 0 Å². The van der Waals surface area contributed by atoms with Gasteiger partial charge in [0.05, 0.1) is 0 Å². The van der Waals surface area contributed by atoms with Crippen LogP contribution in [0, 0.1) is 10.1 Å². The Morgan fingerprint density at radius 3 is 2.81 bits per heavy atom. The van der Waals surface area contributed by atoms with Gasteiger partial charge >= 0.3 is 100 Å². The molecule has 5 heteroatoms. The van der Waals surface area contributed by atoms with Crippen LogP contribution in [0.1, 0.15) is 30.1 Å². The van der Waals surface area contributed by atoms with Crippen molar-refractivity contribution in [2.24, 2.45) is 0 Å². The molecule has 0 amide bonds. The minimum absolute atomic E-state index is 0.00984. The molecule has 1 rings (SSSR count). The topological polar surface area (TPSA) is 60.2 Å². The quantitative estimate of drug-likeness (QED) is 0.264. The molecule has 0 saturated carbocycles. The molecule has 1 aromatic carbocycles. The summed E-state index contributed by atoms with van der Waals surface area (Å²) in [4.78, 5) is 21.2. The third-order valence-electron chi connectivity index (χ3n) is 2.09.